The zero-order chi connectivity index (χ0) is 21.3. The fourth-order valence-electron chi connectivity index (χ4n) is 3.45. The number of carbonyl (C=O) groups is 2. The van der Waals surface area contributed by atoms with Crippen LogP contribution >= 0.6 is 24.0 Å². The largest absolute Gasteiger partial charge is 0.354 e. The molecule has 7 nitrogen and oxygen atoms in total. The highest BCUT2D eigenvalue weighted by molar-refractivity contribution is 8.26. The molecule has 3 aromatic rings. The molecule has 1 aliphatic heterocycles. The molecule has 0 saturated carbocycles. The van der Waals surface area contributed by atoms with Gasteiger partial charge in [-0.3, -0.25) is 14.5 Å². The van der Waals surface area contributed by atoms with Gasteiger partial charge in [0.1, 0.15) is 10.4 Å². The lowest BCUT2D eigenvalue weighted by molar-refractivity contribution is -0.132. The van der Waals surface area contributed by atoms with Crippen molar-refractivity contribution in [3.05, 3.63) is 59.1 Å². The number of aryl methyl sites for hydroxylation is 1. The lowest BCUT2D eigenvalue weighted by Crippen LogP contribution is -2.47. The van der Waals surface area contributed by atoms with Crippen molar-refractivity contribution in [3.8, 4) is 0 Å². The average Bonchev–Trinajstić information content (AvgIpc) is 3.42. The number of thiocarbonyl (C=S) groups is 1. The Labute approximate surface area is 183 Å². The summed E-state index contributed by atoms with van der Waals surface area (Å²) in [5, 5.41) is 3.92. The number of benzene rings is 1. The molecule has 0 aliphatic carbocycles. The molecule has 2 N–H and O–H groups in total. The van der Waals surface area contributed by atoms with E-state index in [1.54, 1.807) is 19.4 Å². The van der Waals surface area contributed by atoms with Crippen LogP contribution in [-0.4, -0.2) is 48.2 Å². The number of aromatic amines is 1. The molecule has 1 aliphatic rings. The van der Waals surface area contributed by atoms with Gasteiger partial charge < -0.3 is 14.9 Å². The van der Waals surface area contributed by atoms with E-state index in [0.29, 0.717) is 22.2 Å². The lowest BCUT2D eigenvalue weighted by Gasteiger charge is -2.22. The molecule has 9 heteroatoms. The summed E-state index contributed by atoms with van der Waals surface area (Å²) in [6, 6.07) is 7.34. The fraction of sp³-hybridized carbons (Fsp3) is 0.238. The van der Waals surface area contributed by atoms with Gasteiger partial charge in [0.05, 0.1) is 11.2 Å². The Morgan fingerprint density at radius 2 is 2.20 bits per heavy atom. The standard InChI is InChI=1S/C21H21N5O2S2/c1-13(19(27)23-8-7-15-10-22-12-24-15)26-20(28)18(30-21(26)29)9-14-11-25(2)17-6-4-3-5-16(14)17/h3-6,9-13H,7-8H2,1-2H3,(H,22,24)(H,23,27). The minimum absolute atomic E-state index is 0.239. The summed E-state index contributed by atoms with van der Waals surface area (Å²) in [7, 11) is 1.97. The van der Waals surface area contributed by atoms with Crippen LogP contribution in [0.1, 0.15) is 18.2 Å². The number of H-pyrrole nitrogens is 1. The maximum absolute atomic E-state index is 13.0. The molecule has 3 heterocycles. The summed E-state index contributed by atoms with van der Waals surface area (Å²) in [5.41, 5.74) is 2.97. The monoisotopic (exact) mass is 439 g/mol. The molecular formula is C21H21N5O2S2. The van der Waals surface area contributed by atoms with Crippen LogP contribution in [0.25, 0.3) is 17.0 Å². The molecule has 1 fully saturated rings. The van der Waals surface area contributed by atoms with E-state index < -0.39 is 6.04 Å². The van der Waals surface area contributed by atoms with Gasteiger partial charge in [0, 0.05) is 54.6 Å². The summed E-state index contributed by atoms with van der Waals surface area (Å²) < 4.78 is 2.42. The zero-order valence-corrected chi connectivity index (χ0v) is 18.2. The number of imidazole rings is 1. The molecular weight excluding hydrogens is 418 g/mol. The first-order chi connectivity index (χ1) is 14.5. The van der Waals surface area contributed by atoms with Crippen molar-refractivity contribution in [1.82, 2.24) is 24.8 Å². The molecule has 0 bridgehead atoms. The van der Waals surface area contributed by atoms with Crippen LogP contribution in [0.2, 0.25) is 0 Å². The van der Waals surface area contributed by atoms with Gasteiger partial charge in [-0.05, 0) is 19.1 Å². The molecule has 1 saturated heterocycles. The van der Waals surface area contributed by atoms with Crippen molar-refractivity contribution in [2.24, 2.45) is 7.05 Å². The predicted molar refractivity (Wildman–Crippen MR) is 123 cm³/mol. The molecule has 1 unspecified atom stereocenters. The van der Waals surface area contributed by atoms with Gasteiger partial charge in [0.15, 0.2) is 0 Å². The molecule has 2 amide bonds. The zero-order valence-electron chi connectivity index (χ0n) is 16.6. The third-order valence-electron chi connectivity index (χ3n) is 5.05. The first-order valence-corrected chi connectivity index (χ1v) is 10.7. The number of carbonyl (C=O) groups excluding carboxylic acids is 2. The van der Waals surface area contributed by atoms with Crippen molar-refractivity contribution >= 4 is 57.1 Å². The predicted octanol–water partition coefficient (Wildman–Crippen LogP) is 2.85. The van der Waals surface area contributed by atoms with Gasteiger partial charge in [-0.1, -0.05) is 42.2 Å². The summed E-state index contributed by atoms with van der Waals surface area (Å²) in [4.78, 5) is 34.4. The number of hydrogen-bond donors (Lipinski definition) is 2. The average molecular weight is 440 g/mol. The van der Waals surface area contributed by atoms with E-state index in [1.165, 1.54) is 16.7 Å². The SMILES string of the molecule is CC(C(=O)NCCc1cnc[nH]1)N1C(=O)C(=Cc2cn(C)c3ccccc23)SC1=S. The summed E-state index contributed by atoms with van der Waals surface area (Å²) in [6.07, 6.45) is 7.79. The molecule has 0 radical (unpaired) electrons. The van der Waals surface area contributed by atoms with Gasteiger partial charge >= 0.3 is 0 Å². The van der Waals surface area contributed by atoms with Crippen LogP contribution in [0, 0.1) is 0 Å². The van der Waals surface area contributed by atoms with Gasteiger partial charge in [0.25, 0.3) is 5.91 Å². The van der Waals surface area contributed by atoms with E-state index in [1.807, 2.05) is 48.2 Å². The topological polar surface area (TPSA) is 83.0 Å². The highest BCUT2D eigenvalue weighted by atomic mass is 32.2. The maximum atomic E-state index is 13.0. The van der Waals surface area contributed by atoms with Crippen LogP contribution in [-0.2, 0) is 23.1 Å². The van der Waals surface area contributed by atoms with Crippen molar-refractivity contribution in [1.29, 1.82) is 0 Å². The van der Waals surface area contributed by atoms with Crippen LogP contribution in [0.3, 0.4) is 0 Å². The number of para-hydroxylation sites is 1. The van der Waals surface area contributed by atoms with E-state index in [2.05, 4.69) is 15.3 Å². The Hall–Kier alpha value is -2.91. The summed E-state index contributed by atoms with van der Waals surface area (Å²) in [5.74, 6) is -0.480. The van der Waals surface area contributed by atoms with Gasteiger partial charge in [0.2, 0.25) is 5.91 Å². The Morgan fingerprint density at radius 3 is 2.97 bits per heavy atom. The second kappa shape index (κ2) is 8.45. The quantitative estimate of drug-likeness (QED) is 0.456. The van der Waals surface area contributed by atoms with Crippen molar-refractivity contribution in [2.75, 3.05) is 6.54 Å². The molecule has 4 rings (SSSR count). The number of rotatable bonds is 6. The number of fused-ring (bicyclic) bond motifs is 1. The second-order valence-corrected chi connectivity index (χ2v) is 8.73. The Morgan fingerprint density at radius 1 is 1.40 bits per heavy atom. The number of nitrogens with one attached hydrogen (secondary N) is 2. The van der Waals surface area contributed by atoms with E-state index in [9.17, 15) is 9.59 Å². The Bertz CT molecular complexity index is 1150. The van der Waals surface area contributed by atoms with Crippen LogP contribution in [0.5, 0.6) is 0 Å². The van der Waals surface area contributed by atoms with E-state index in [4.69, 9.17) is 12.2 Å². The van der Waals surface area contributed by atoms with Gasteiger partial charge in [-0.2, -0.15) is 0 Å². The Kier molecular flexibility index (Phi) is 5.74. The number of aromatic nitrogens is 3. The molecule has 2 aromatic heterocycles. The molecule has 30 heavy (non-hydrogen) atoms. The van der Waals surface area contributed by atoms with E-state index in [-0.39, 0.29) is 11.8 Å². The smallest absolute Gasteiger partial charge is 0.266 e. The third-order valence-corrected chi connectivity index (χ3v) is 6.38. The molecule has 1 aromatic carbocycles. The molecule has 0 spiro atoms. The number of hydrogen-bond acceptors (Lipinski definition) is 5. The fourth-order valence-corrected chi connectivity index (χ4v) is 4.86. The first-order valence-electron chi connectivity index (χ1n) is 9.52. The summed E-state index contributed by atoms with van der Waals surface area (Å²) in [6.45, 7) is 2.14. The lowest BCUT2D eigenvalue weighted by atomic mass is 10.1. The first kappa shape index (κ1) is 20.4. The maximum Gasteiger partial charge on any atom is 0.266 e. The minimum atomic E-state index is -0.683. The summed E-state index contributed by atoms with van der Waals surface area (Å²) >= 11 is 6.64. The van der Waals surface area contributed by atoms with Crippen LogP contribution < -0.4 is 5.32 Å². The minimum Gasteiger partial charge on any atom is -0.354 e. The Balaban J connectivity index is 1.47. The molecule has 154 valence electrons. The number of amides is 2. The van der Waals surface area contributed by atoms with E-state index >= 15 is 0 Å². The van der Waals surface area contributed by atoms with Crippen molar-refractivity contribution < 1.29 is 9.59 Å². The van der Waals surface area contributed by atoms with Crippen LogP contribution in [0.15, 0.2) is 47.9 Å². The van der Waals surface area contributed by atoms with Gasteiger partial charge in [-0.25, -0.2) is 4.98 Å². The number of thioether (sulfide) groups is 1. The van der Waals surface area contributed by atoms with E-state index in [0.717, 1.165) is 22.2 Å². The third kappa shape index (κ3) is 3.90. The normalized spacial score (nSPS) is 16.6. The number of nitrogens with zero attached hydrogens (tertiary/aromatic N) is 3. The van der Waals surface area contributed by atoms with Gasteiger partial charge in [-0.15, -0.1) is 0 Å². The van der Waals surface area contributed by atoms with Crippen molar-refractivity contribution in [3.63, 3.8) is 0 Å². The van der Waals surface area contributed by atoms with Crippen LogP contribution in [0.4, 0.5) is 0 Å². The molecule has 1 atom stereocenters. The highest BCUT2D eigenvalue weighted by Crippen LogP contribution is 2.35. The van der Waals surface area contributed by atoms with Crippen molar-refractivity contribution in [2.45, 2.75) is 19.4 Å². The highest BCUT2D eigenvalue weighted by Gasteiger charge is 2.38. The second-order valence-electron chi connectivity index (χ2n) is 7.06.